The summed E-state index contributed by atoms with van der Waals surface area (Å²) in [6.07, 6.45) is 0. The Hall–Kier alpha value is 0.260. The molecule has 0 spiro atoms. The summed E-state index contributed by atoms with van der Waals surface area (Å²) in [6.45, 7) is 2.10. The summed E-state index contributed by atoms with van der Waals surface area (Å²) in [5.74, 6) is 0. The van der Waals surface area contributed by atoms with Crippen LogP contribution in [0.15, 0.2) is 8.68 Å². The zero-order chi connectivity index (χ0) is 11.5. The van der Waals surface area contributed by atoms with Crippen LogP contribution in [0.4, 0.5) is 0 Å². The van der Waals surface area contributed by atoms with Crippen LogP contribution in [0.25, 0.3) is 0 Å². The molecule has 0 atom stereocenters. The van der Waals surface area contributed by atoms with Crippen LogP contribution >= 0.6 is 70.6 Å². The first-order chi connectivity index (χ1) is 7.63. The van der Waals surface area contributed by atoms with E-state index in [2.05, 4.69) is 27.3 Å². The van der Waals surface area contributed by atoms with Gasteiger partial charge in [0.05, 0.1) is 4.58 Å². The van der Waals surface area contributed by atoms with Crippen LogP contribution in [-0.4, -0.2) is 25.0 Å². The molecular weight excluding hydrogens is 320 g/mol. The Morgan fingerprint density at radius 2 is 1.50 bits per heavy atom. The molecule has 2 aromatic heterocycles. The normalized spacial score (nSPS) is 11.1. The van der Waals surface area contributed by atoms with Crippen LogP contribution in [0.2, 0.25) is 0 Å². The third-order valence-electron chi connectivity index (χ3n) is 1.37. The maximum absolute atomic E-state index is 4.97. The van der Waals surface area contributed by atoms with Crippen molar-refractivity contribution in [3.05, 3.63) is 7.91 Å². The van der Waals surface area contributed by atoms with E-state index >= 15 is 0 Å². The van der Waals surface area contributed by atoms with E-state index in [0.29, 0.717) is 12.5 Å². The molecule has 0 aliphatic rings. The lowest BCUT2D eigenvalue weighted by molar-refractivity contribution is 0.998. The number of aromatic nitrogens is 4. The predicted octanol–water partition coefficient (Wildman–Crippen LogP) is 3.95. The van der Waals surface area contributed by atoms with E-state index in [-0.39, 0.29) is 0 Å². The first-order valence-corrected chi connectivity index (χ1v) is 8.28. The van der Waals surface area contributed by atoms with E-state index in [9.17, 15) is 0 Å². The van der Waals surface area contributed by atoms with Gasteiger partial charge in [-0.1, -0.05) is 46.2 Å². The molecule has 0 radical (unpaired) electrons. The number of nitrogens with zero attached hydrogens (tertiary/aromatic N) is 2. The van der Waals surface area contributed by atoms with Crippen LogP contribution in [0.5, 0.6) is 0 Å². The summed E-state index contributed by atoms with van der Waals surface area (Å²) in [5.41, 5.74) is 0. The van der Waals surface area contributed by atoms with Crippen LogP contribution in [0.1, 0.15) is 6.92 Å². The molecule has 0 amide bonds. The summed E-state index contributed by atoms with van der Waals surface area (Å²) in [7, 11) is 0. The Labute approximate surface area is 118 Å². The fraction of sp³-hybridized carbons (Fsp3) is 0.333. The minimum atomic E-state index is 0.322. The summed E-state index contributed by atoms with van der Waals surface area (Å²) < 4.78 is 3.63. The van der Waals surface area contributed by atoms with Crippen molar-refractivity contribution in [3.8, 4) is 0 Å². The van der Waals surface area contributed by atoms with E-state index < -0.39 is 0 Å². The van der Waals surface area contributed by atoms with E-state index in [1.165, 1.54) is 22.7 Å². The Morgan fingerprint density at radius 3 is 1.81 bits per heavy atom. The highest BCUT2D eigenvalue weighted by molar-refractivity contribution is 8.18. The maximum Gasteiger partial charge on any atom is 0.177 e. The van der Waals surface area contributed by atoms with Crippen molar-refractivity contribution in [2.75, 3.05) is 0 Å². The van der Waals surface area contributed by atoms with Crippen molar-refractivity contribution < 1.29 is 0 Å². The zero-order valence-electron chi connectivity index (χ0n) is 7.92. The summed E-state index contributed by atoms with van der Waals surface area (Å²) >= 11 is 16.2. The van der Waals surface area contributed by atoms with E-state index in [0.717, 1.165) is 8.68 Å². The van der Waals surface area contributed by atoms with E-state index in [4.69, 9.17) is 24.4 Å². The minimum Gasteiger partial charge on any atom is -0.257 e. The first-order valence-electron chi connectivity index (χ1n) is 4.08. The Morgan fingerprint density at radius 1 is 1.06 bits per heavy atom. The molecule has 2 aromatic rings. The number of aromatic amines is 2. The van der Waals surface area contributed by atoms with Crippen molar-refractivity contribution in [1.29, 1.82) is 0 Å². The molecule has 86 valence electrons. The number of H-pyrrole nitrogens is 2. The zero-order valence-corrected chi connectivity index (χ0v) is 12.8. The molecule has 2 heterocycles. The van der Waals surface area contributed by atoms with E-state index in [1.807, 2.05) is 0 Å². The van der Waals surface area contributed by atoms with E-state index in [1.54, 1.807) is 23.5 Å². The van der Waals surface area contributed by atoms with Crippen LogP contribution in [0.3, 0.4) is 0 Å². The molecule has 0 unspecified atom stereocenters. The molecule has 0 bridgehead atoms. The number of hydrogen-bond donors (Lipinski definition) is 2. The standard InChI is InChI=1S/C6H6N4S6/c1-2(13-5-9-7-3(11)15-5)14-6-10-8-4(12)16-6/h2H,1H3,(H,7,11)(H,8,12). The molecule has 0 aliphatic heterocycles. The highest BCUT2D eigenvalue weighted by Crippen LogP contribution is 2.36. The molecular formula is C6H6N4S6. The third kappa shape index (κ3) is 3.64. The molecule has 2 N–H and O–H groups in total. The fourth-order valence-corrected chi connectivity index (χ4v) is 6.03. The van der Waals surface area contributed by atoms with Crippen molar-refractivity contribution in [3.63, 3.8) is 0 Å². The smallest absolute Gasteiger partial charge is 0.177 e. The van der Waals surface area contributed by atoms with Crippen LogP contribution < -0.4 is 0 Å². The monoisotopic (exact) mass is 326 g/mol. The first kappa shape index (κ1) is 12.7. The number of nitrogens with one attached hydrogen (secondary N) is 2. The molecule has 10 heteroatoms. The van der Waals surface area contributed by atoms with Gasteiger partial charge in [0.1, 0.15) is 0 Å². The summed E-state index contributed by atoms with van der Waals surface area (Å²) in [6, 6.07) is 0. The molecule has 0 saturated carbocycles. The molecule has 0 aromatic carbocycles. The van der Waals surface area contributed by atoms with Crippen molar-refractivity contribution in [2.45, 2.75) is 20.2 Å². The maximum atomic E-state index is 4.97. The van der Waals surface area contributed by atoms with Gasteiger partial charge in [-0.05, 0) is 31.4 Å². The molecule has 2 rings (SSSR count). The largest absolute Gasteiger partial charge is 0.257 e. The average molecular weight is 327 g/mol. The second-order valence-corrected chi connectivity index (χ2v) is 9.37. The van der Waals surface area contributed by atoms with Gasteiger partial charge < -0.3 is 0 Å². The Kier molecular flexibility index (Phi) is 4.56. The van der Waals surface area contributed by atoms with Crippen LogP contribution in [0, 0.1) is 7.91 Å². The fourth-order valence-electron chi connectivity index (χ4n) is 0.841. The van der Waals surface area contributed by atoms with Gasteiger partial charge in [0.15, 0.2) is 16.6 Å². The number of thioether (sulfide) groups is 2. The van der Waals surface area contributed by atoms with Gasteiger partial charge in [0.25, 0.3) is 0 Å². The molecule has 16 heavy (non-hydrogen) atoms. The lowest BCUT2D eigenvalue weighted by atomic mass is 11.0. The van der Waals surface area contributed by atoms with Crippen LogP contribution in [-0.2, 0) is 0 Å². The van der Waals surface area contributed by atoms with Gasteiger partial charge in [-0.15, -0.1) is 0 Å². The quantitative estimate of drug-likeness (QED) is 0.504. The second kappa shape index (κ2) is 5.74. The van der Waals surface area contributed by atoms with Gasteiger partial charge in [-0.2, -0.15) is 10.2 Å². The predicted molar refractivity (Wildman–Crippen MR) is 75.8 cm³/mol. The van der Waals surface area contributed by atoms with Gasteiger partial charge in [-0.25, -0.2) is 0 Å². The Balaban J connectivity index is 1.96. The summed E-state index contributed by atoms with van der Waals surface area (Å²) in [4.78, 5) is 0. The van der Waals surface area contributed by atoms with Crippen molar-refractivity contribution in [1.82, 2.24) is 20.4 Å². The van der Waals surface area contributed by atoms with Gasteiger partial charge in [0.2, 0.25) is 0 Å². The number of hydrogen-bond acceptors (Lipinski definition) is 8. The summed E-state index contributed by atoms with van der Waals surface area (Å²) in [5, 5.41) is 13.7. The molecule has 0 saturated heterocycles. The van der Waals surface area contributed by atoms with Gasteiger partial charge in [-0.3, -0.25) is 10.2 Å². The highest BCUT2D eigenvalue weighted by atomic mass is 32.2. The topological polar surface area (TPSA) is 57.4 Å². The molecule has 0 fully saturated rings. The lowest BCUT2D eigenvalue weighted by Gasteiger charge is -2.04. The molecule has 0 aliphatic carbocycles. The molecule has 4 nitrogen and oxygen atoms in total. The number of rotatable bonds is 4. The van der Waals surface area contributed by atoms with Crippen molar-refractivity contribution >= 4 is 70.6 Å². The lowest BCUT2D eigenvalue weighted by Crippen LogP contribution is -1.88. The van der Waals surface area contributed by atoms with Crippen molar-refractivity contribution in [2.24, 2.45) is 0 Å². The highest BCUT2D eigenvalue weighted by Gasteiger charge is 2.11. The third-order valence-corrected chi connectivity index (χ3v) is 6.04. The average Bonchev–Trinajstić information content (AvgIpc) is 2.76. The minimum absolute atomic E-state index is 0.322. The van der Waals surface area contributed by atoms with Gasteiger partial charge >= 0.3 is 0 Å². The Bertz CT molecular complexity index is 513. The SMILES string of the molecule is CC(Sc1n[nH]c(=S)s1)Sc1n[nH]c(=S)s1. The van der Waals surface area contributed by atoms with Gasteiger partial charge in [0, 0.05) is 0 Å². The second-order valence-electron chi connectivity index (χ2n) is 2.56.